The predicted molar refractivity (Wildman–Crippen MR) is 109 cm³/mol. The highest BCUT2D eigenvalue weighted by atomic mass is 16.5. The largest absolute Gasteiger partial charge is 0.490 e. The second-order valence-corrected chi connectivity index (χ2v) is 7.51. The van der Waals surface area contributed by atoms with Crippen molar-refractivity contribution >= 4 is 17.5 Å². The second kappa shape index (κ2) is 8.46. The van der Waals surface area contributed by atoms with Crippen LogP contribution in [0.15, 0.2) is 48.5 Å². The van der Waals surface area contributed by atoms with Gasteiger partial charge in [0, 0.05) is 36.3 Å². The Morgan fingerprint density at radius 2 is 1.79 bits per heavy atom. The van der Waals surface area contributed by atoms with Crippen molar-refractivity contribution in [1.82, 2.24) is 5.32 Å². The summed E-state index contributed by atoms with van der Waals surface area (Å²) in [5, 5.41) is 2.98. The minimum Gasteiger partial charge on any atom is -0.490 e. The van der Waals surface area contributed by atoms with E-state index in [-0.39, 0.29) is 17.9 Å². The number of para-hydroxylation sites is 1. The first-order chi connectivity index (χ1) is 13.7. The Morgan fingerprint density at radius 3 is 2.50 bits per heavy atom. The highest BCUT2D eigenvalue weighted by molar-refractivity contribution is 5.97. The molecule has 2 fully saturated rings. The van der Waals surface area contributed by atoms with E-state index >= 15 is 0 Å². The maximum absolute atomic E-state index is 12.5. The molecule has 2 aliphatic rings. The number of nitrogens with zero attached hydrogens (tertiary/aromatic N) is 1. The van der Waals surface area contributed by atoms with Gasteiger partial charge in [-0.15, -0.1) is 0 Å². The standard InChI is InChI=1S/C23H26N2O3/c26-22-10-5-15-25(22)19-13-11-17(12-14-19)23(27)24-16-18-6-1-4-9-21(18)28-20-7-2-3-8-20/h1,4,6,9,11-14,20H,2-3,5,7-8,10,15-16H2,(H,24,27). The molecule has 0 spiro atoms. The number of hydrogen-bond acceptors (Lipinski definition) is 3. The lowest BCUT2D eigenvalue weighted by Crippen LogP contribution is -2.25. The van der Waals surface area contributed by atoms with E-state index in [0.717, 1.165) is 42.8 Å². The average molecular weight is 378 g/mol. The molecule has 146 valence electrons. The number of carbonyl (C=O) groups excluding carboxylic acids is 2. The van der Waals surface area contributed by atoms with Gasteiger partial charge >= 0.3 is 0 Å². The molecule has 1 N–H and O–H groups in total. The van der Waals surface area contributed by atoms with Crippen LogP contribution in [-0.4, -0.2) is 24.5 Å². The lowest BCUT2D eigenvalue weighted by atomic mass is 10.1. The molecule has 2 amide bonds. The zero-order valence-corrected chi connectivity index (χ0v) is 16.0. The Morgan fingerprint density at radius 1 is 1.04 bits per heavy atom. The molecule has 0 bridgehead atoms. The molecule has 1 aliphatic heterocycles. The molecule has 2 aromatic carbocycles. The van der Waals surface area contributed by atoms with Crippen LogP contribution in [0.2, 0.25) is 0 Å². The summed E-state index contributed by atoms with van der Waals surface area (Å²) >= 11 is 0. The summed E-state index contributed by atoms with van der Waals surface area (Å²) in [6, 6.07) is 15.1. The van der Waals surface area contributed by atoms with E-state index in [0.29, 0.717) is 18.5 Å². The Hall–Kier alpha value is -2.82. The molecule has 5 nitrogen and oxygen atoms in total. The van der Waals surface area contributed by atoms with Crippen LogP contribution in [0.4, 0.5) is 5.69 Å². The molecule has 0 aromatic heterocycles. The lowest BCUT2D eigenvalue weighted by Gasteiger charge is -2.17. The van der Waals surface area contributed by atoms with Crippen molar-refractivity contribution in [2.24, 2.45) is 0 Å². The number of ether oxygens (including phenoxy) is 1. The van der Waals surface area contributed by atoms with Crippen LogP contribution >= 0.6 is 0 Å². The number of benzene rings is 2. The van der Waals surface area contributed by atoms with Crippen LogP contribution in [0.25, 0.3) is 0 Å². The fraction of sp³-hybridized carbons (Fsp3) is 0.391. The van der Waals surface area contributed by atoms with Gasteiger partial charge in [-0.05, 0) is 62.4 Å². The van der Waals surface area contributed by atoms with Gasteiger partial charge in [-0.2, -0.15) is 0 Å². The molecule has 1 saturated carbocycles. The van der Waals surface area contributed by atoms with E-state index in [2.05, 4.69) is 5.32 Å². The van der Waals surface area contributed by atoms with Gasteiger partial charge in [-0.3, -0.25) is 9.59 Å². The fourth-order valence-corrected chi connectivity index (χ4v) is 3.94. The molecule has 28 heavy (non-hydrogen) atoms. The van der Waals surface area contributed by atoms with Gasteiger partial charge in [-0.25, -0.2) is 0 Å². The van der Waals surface area contributed by atoms with E-state index in [1.165, 1.54) is 12.8 Å². The van der Waals surface area contributed by atoms with Crippen molar-refractivity contribution in [3.05, 3.63) is 59.7 Å². The molecule has 5 heteroatoms. The number of carbonyl (C=O) groups is 2. The normalized spacial score (nSPS) is 17.1. The monoisotopic (exact) mass is 378 g/mol. The highest BCUT2D eigenvalue weighted by Gasteiger charge is 2.22. The molecular weight excluding hydrogens is 352 g/mol. The number of rotatable bonds is 6. The third-order valence-corrected chi connectivity index (χ3v) is 5.52. The third-order valence-electron chi connectivity index (χ3n) is 5.52. The minimum absolute atomic E-state index is 0.130. The van der Waals surface area contributed by atoms with Crippen LogP contribution in [0.5, 0.6) is 5.75 Å². The van der Waals surface area contributed by atoms with Gasteiger partial charge in [0.1, 0.15) is 5.75 Å². The molecule has 0 unspecified atom stereocenters. The number of anilines is 1. The van der Waals surface area contributed by atoms with Gasteiger partial charge in [0.15, 0.2) is 0 Å². The fourth-order valence-electron chi connectivity index (χ4n) is 3.94. The quantitative estimate of drug-likeness (QED) is 0.824. The van der Waals surface area contributed by atoms with Crippen LogP contribution in [0.1, 0.15) is 54.4 Å². The van der Waals surface area contributed by atoms with Crippen molar-refractivity contribution in [2.75, 3.05) is 11.4 Å². The molecule has 0 atom stereocenters. The Bertz CT molecular complexity index is 841. The summed E-state index contributed by atoms with van der Waals surface area (Å²) in [7, 11) is 0. The topological polar surface area (TPSA) is 58.6 Å². The van der Waals surface area contributed by atoms with Gasteiger partial charge in [-0.1, -0.05) is 18.2 Å². The smallest absolute Gasteiger partial charge is 0.251 e. The molecule has 2 aromatic rings. The van der Waals surface area contributed by atoms with Crippen molar-refractivity contribution in [1.29, 1.82) is 0 Å². The van der Waals surface area contributed by atoms with Crippen LogP contribution < -0.4 is 15.0 Å². The van der Waals surface area contributed by atoms with E-state index in [9.17, 15) is 9.59 Å². The van der Waals surface area contributed by atoms with E-state index in [1.54, 1.807) is 17.0 Å². The molecule has 4 rings (SSSR count). The number of hydrogen-bond donors (Lipinski definition) is 1. The molecule has 1 heterocycles. The first kappa shape index (κ1) is 18.5. The SMILES string of the molecule is O=C(NCc1ccccc1OC1CCCC1)c1ccc(N2CCCC2=O)cc1. The van der Waals surface area contributed by atoms with E-state index in [4.69, 9.17) is 4.74 Å². The van der Waals surface area contributed by atoms with Gasteiger partial charge < -0.3 is 15.0 Å². The molecule has 1 saturated heterocycles. The summed E-state index contributed by atoms with van der Waals surface area (Å²) in [4.78, 5) is 26.2. The van der Waals surface area contributed by atoms with Gasteiger partial charge in [0.25, 0.3) is 5.91 Å². The van der Waals surface area contributed by atoms with Crippen LogP contribution in [-0.2, 0) is 11.3 Å². The Labute approximate surface area is 165 Å². The van der Waals surface area contributed by atoms with Crippen molar-refractivity contribution < 1.29 is 14.3 Å². The number of amides is 2. The van der Waals surface area contributed by atoms with E-state index in [1.807, 2.05) is 36.4 Å². The van der Waals surface area contributed by atoms with Crippen molar-refractivity contribution in [3.63, 3.8) is 0 Å². The summed E-state index contributed by atoms with van der Waals surface area (Å²) < 4.78 is 6.14. The minimum atomic E-state index is -0.130. The Kier molecular flexibility index (Phi) is 5.60. The number of nitrogens with one attached hydrogen (secondary N) is 1. The van der Waals surface area contributed by atoms with Gasteiger partial charge in [0.2, 0.25) is 5.91 Å². The van der Waals surface area contributed by atoms with Crippen LogP contribution in [0.3, 0.4) is 0 Å². The first-order valence-electron chi connectivity index (χ1n) is 10.1. The van der Waals surface area contributed by atoms with Gasteiger partial charge in [0.05, 0.1) is 6.10 Å². The Balaban J connectivity index is 1.37. The summed E-state index contributed by atoms with van der Waals surface area (Å²) in [6.07, 6.45) is 6.44. The average Bonchev–Trinajstić information content (AvgIpc) is 3.39. The lowest BCUT2D eigenvalue weighted by molar-refractivity contribution is -0.117. The molecule has 0 radical (unpaired) electrons. The predicted octanol–water partition coefficient (Wildman–Crippen LogP) is 4.06. The zero-order valence-electron chi connectivity index (χ0n) is 16.0. The van der Waals surface area contributed by atoms with Crippen molar-refractivity contribution in [2.45, 2.75) is 51.2 Å². The second-order valence-electron chi connectivity index (χ2n) is 7.51. The van der Waals surface area contributed by atoms with Crippen LogP contribution in [0, 0.1) is 0 Å². The zero-order chi connectivity index (χ0) is 19.3. The third kappa shape index (κ3) is 4.19. The maximum atomic E-state index is 12.5. The molecule has 1 aliphatic carbocycles. The van der Waals surface area contributed by atoms with Crippen molar-refractivity contribution in [3.8, 4) is 5.75 Å². The highest BCUT2D eigenvalue weighted by Crippen LogP contribution is 2.27. The molecular formula is C23H26N2O3. The first-order valence-corrected chi connectivity index (χ1v) is 10.1. The summed E-state index contributed by atoms with van der Waals surface area (Å²) in [6.45, 7) is 1.18. The summed E-state index contributed by atoms with van der Waals surface area (Å²) in [5.74, 6) is 0.878. The maximum Gasteiger partial charge on any atom is 0.251 e. The van der Waals surface area contributed by atoms with E-state index < -0.39 is 0 Å². The summed E-state index contributed by atoms with van der Waals surface area (Å²) in [5.41, 5.74) is 2.43.